The minimum atomic E-state index is -0.405. The second-order valence-corrected chi connectivity index (χ2v) is 5.43. The van der Waals surface area contributed by atoms with Crippen LogP contribution in [-0.4, -0.2) is 28.8 Å². The number of fused-ring (bicyclic) bond motifs is 3. The van der Waals surface area contributed by atoms with E-state index in [0.717, 1.165) is 23.5 Å². The molecule has 2 aliphatic heterocycles. The van der Waals surface area contributed by atoms with Gasteiger partial charge in [0.15, 0.2) is 0 Å². The molecule has 0 aliphatic carbocycles. The van der Waals surface area contributed by atoms with Crippen molar-refractivity contribution in [1.29, 1.82) is 0 Å². The van der Waals surface area contributed by atoms with Gasteiger partial charge in [0.2, 0.25) is 0 Å². The standard InChI is InChI=1S/C15H15N3O2/c1-15-9-11-13(18(15)7-8-20-15)16-12(17-14(11)19)10-5-3-2-4-6-10/h2-6H,7-9H2,1H3,(H,16,17,19). The van der Waals surface area contributed by atoms with Crippen LogP contribution in [0.5, 0.6) is 0 Å². The van der Waals surface area contributed by atoms with Crippen LogP contribution in [0.2, 0.25) is 0 Å². The fourth-order valence-electron chi connectivity index (χ4n) is 3.08. The molecule has 0 radical (unpaired) electrons. The van der Waals surface area contributed by atoms with E-state index in [9.17, 15) is 4.79 Å². The van der Waals surface area contributed by atoms with Crippen LogP contribution < -0.4 is 10.5 Å². The van der Waals surface area contributed by atoms with Crippen molar-refractivity contribution in [3.8, 4) is 11.4 Å². The zero-order valence-corrected chi connectivity index (χ0v) is 11.2. The number of ether oxygens (including phenoxy) is 1. The maximum absolute atomic E-state index is 12.3. The third kappa shape index (κ3) is 1.53. The Kier molecular flexibility index (Phi) is 2.29. The summed E-state index contributed by atoms with van der Waals surface area (Å²) in [7, 11) is 0. The minimum absolute atomic E-state index is 0.0620. The number of benzene rings is 1. The van der Waals surface area contributed by atoms with E-state index >= 15 is 0 Å². The normalized spacial score (nSPS) is 23.8. The molecule has 1 aromatic carbocycles. The zero-order valence-electron chi connectivity index (χ0n) is 11.2. The molecule has 0 amide bonds. The average molecular weight is 269 g/mol. The van der Waals surface area contributed by atoms with Gasteiger partial charge in [0.1, 0.15) is 17.4 Å². The molecule has 1 saturated heterocycles. The zero-order chi connectivity index (χ0) is 13.7. The van der Waals surface area contributed by atoms with E-state index in [1.165, 1.54) is 0 Å². The van der Waals surface area contributed by atoms with Gasteiger partial charge in [-0.15, -0.1) is 0 Å². The summed E-state index contributed by atoms with van der Waals surface area (Å²) >= 11 is 0. The number of nitrogens with zero attached hydrogens (tertiary/aromatic N) is 2. The Bertz CT molecular complexity index is 726. The molecule has 0 spiro atoms. The van der Waals surface area contributed by atoms with Crippen molar-refractivity contribution in [2.75, 3.05) is 18.1 Å². The quantitative estimate of drug-likeness (QED) is 0.853. The number of hydrogen-bond donors (Lipinski definition) is 1. The monoisotopic (exact) mass is 269 g/mol. The molecule has 2 aromatic rings. The lowest BCUT2D eigenvalue weighted by atomic mass is 10.1. The summed E-state index contributed by atoms with van der Waals surface area (Å²) in [5.74, 6) is 1.39. The highest BCUT2D eigenvalue weighted by Crippen LogP contribution is 2.39. The first-order valence-electron chi connectivity index (χ1n) is 6.78. The summed E-state index contributed by atoms with van der Waals surface area (Å²) < 4.78 is 5.78. The molecule has 4 rings (SSSR count). The summed E-state index contributed by atoms with van der Waals surface area (Å²) in [6.45, 7) is 3.49. The fourth-order valence-corrected chi connectivity index (χ4v) is 3.08. The SMILES string of the molecule is CC12Cc3c(nc(-c4ccccc4)[nH]c3=O)N1CCO2. The van der Waals surface area contributed by atoms with Crippen LogP contribution in [0.15, 0.2) is 35.1 Å². The minimum Gasteiger partial charge on any atom is -0.354 e. The summed E-state index contributed by atoms with van der Waals surface area (Å²) in [6.07, 6.45) is 0.597. The molecule has 5 heteroatoms. The van der Waals surface area contributed by atoms with Crippen LogP contribution >= 0.6 is 0 Å². The van der Waals surface area contributed by atoms with E-state index in [0.29, 0.717) is 18.9 Å². The van der Waals surface area contributed by atoms with Crippen LogP contribution in [0.1, 0.15) is 12.5 Å². The highest BCUT2D eigenvalue weighted by molar-refractivity contribution is 5.62. The van der Waals surface area contributed by atoms with Gasteiger partial charge in [-0.05, 0) is 6.92 Å². The predicted molar refractivity (Wildman–Crippen MR) is 75.7 cm³/mol. The van der Waals surface area contributed by atoms with Crippen LogP contribution in [-0.2, 0) is 11.2 Å². The van der Waals surface area contributed by atoms with E-state index in [4.69, 9.17) is 4.74 Å². The molecule has 1 N–H and O–H groups in total. The molecule has 1 atom stereocenters. The van der Waals surface area contributed by atoms with Gasteiger partial charge in [-0.3, -0.25) is 4.79 Å². The fraction of sp³-hybridized carbons (Fsp3) is 0.333. The molecule has 1 fully saturated rings. The number of hydrogen-bond acceptors (Lipinski definition) is 4. The van der Waals surface area contributed by atoms with Gasteiger partial charge in [0.25, 0.3) is 5.56 Å². The number of aromatic nitrogens is 2. The predicted octanol–water partition coefficient (Wildman–Crippen LogP) is 1.55. The maximum Gasteiger partial charge on any atom is 0.256 e. The number of anilines is 1. The third-order valence-corrected chi connectivity index (χ3v) is 4.10. The summed E-state index contributed by atoms with van der Waals surface area (Å²) in [5, 5.41) is 0. The molecule has 3 heterocycles. The smallest absolute Gasteiger partial charge is 0.256 e. The Hall–Kier alpha value is -2.14. The Morgan fingerprint density at radius 2 is 2.15 bits per heavy atom. The lowest BCUT2D eigenvalue weighted by Crippen LogP contribution is -2.39. The molecule has 1 unspecified atom stereocenters. The van der Waals surface area contributed by atoms with E-state index in [1.807, 2.05) is 37.3 Å². The van der Waals surface area contributed by atoms with Crippen LogP contribution in [0.3, 0.4) is 0 Å². The second kappa shape index (κ2) is 3.93. The molecule has 2 aliphatic rings. The summed E-state index contributed by atoms with van der Waals surface area (Å²) in [4.78, 5) is 21.9. The van der Waals surface area contributed by atoms with E-state index < -0.39 is 5.72 Å². The van der Waals surface area contributed by atoms with Gasteiger partial charge in [-0.25, -0.2) is 4.98 Å². The largest absolute Gasteiger partial charge is 0.354 e. The number of aromatic amines is 1. The van der Waals surface area contributed by atoms with Crippen molar-refractivity contribution in [2.45, 2.75) is 19.1 Å². The Balaban J connectivity index is 1.89. The summed E-state index contributed by atoms with van der Waals surface area (Å²) in [6, 6.07) is 9.70. The molecular formula is C15H15N3O2. The van der Waals surface area contributed by atoms with E-state index in [2.05, 4.69) is 14.9 Å². The van der Waals surface area contributed by atoms with E-state index in [1.54, 1.807) is 0 Å². The average Bonchev–Trinajstić information content (AvgIpc) is 2.95. The van der Waals surface area contributed by atoms with Crippen molar-refractivity contribution < 1.29 is 4.74 Å². The van der Waals surface area contributed by atoms with E-state index in [-0.39, 0.29) is 5.56 Å². The number of H-pyrrole nitrogens is 1. The van der Waals surface area contributed by atoms with Crippen molar-refractivity contribution in [3.05, 3.63) is 46.2 Å². The Morgan fingerprint density at radius 1 is 1.35 bits per heavy atom. The van der Waals surface area contributed by atoms with Crippen LogP contribution in [0, 0.1) is 0 Å². The Labute approximate surface area is 116 Å². The number of rotatable bonds is 1. The van der Waals surface area contributed by atoms with Crippen LogP contribution in [0.4, 0.5) is 5.82 Å². The van der Waals surface area contributed by atoms with Gasteiger partial charge in [0.05, 0.1) is 12.2 Å². The molecular weight excluding hydrogens is 254 g/mol. The topological polar surface area (TPSA) is 58.2 Å². The first-order chi connectivity index (χ1) is 9.67. The third-order valence-electron chi connectivity index (χ3n) is 4.10. The van der Waals surface area contributed by atoms with Crippen molar-refractivity contribution in [3.63, 3.8) is 0 Å². The molecule has 20 heavy (non-hydrogen) atoms. The summed E-state index contributed by atoms with van der Waals surface area (Å²) in [5.41, 5.74) is 1.18. The molecule has 102 valence electrons. The van der Waals surface area contributed by atoms with Gasteiger partial charge in [-0.1, -0.05) is 30.3 Å². The first kappa shape index (κ1) is 11.7. The molecule has 5 nitrogen and oxygen atoms in total. The highest BCUT2D eigenvalue weighted by Gasteiger charge is 2.47. The maximum atomic E-state index is 12.3. The van der Waals surface area contributed by atoms with Gasteiger partial charge < -0.3 is 14.6 Å². The number of nitrogens with one attached hydrogen (secondary N) is 1. The Morgan fingerprint density at radius 3 is 2.95 bits per heavy atom. The van der Waals surface area contributed by atoms with Crippen LogP contribution in [0.25, 0.3) is 11.4 Å². The van der Waals surface area contributed by atoms with Crippen molar-refractivity contribution in [2.24, 2.45) is 0 Å². The second-order valence-electron chi connectivity index (χ2n) is 5.43. The highest BCUT2D eigenvalue weighted by atomic mass is 16.5. The van der Waals surface area contributed by atoms with Crippen molar-refractivity contribution in [1.82, 2.24) is 9.97 Å². The first-order valence-corrected chi connectivity index (χ1v) is 6.78. The van der Waals surface area contributed by atoms with Crippen molar-refractivity contribution >= 4 is 5.82 Å². The van der Waals surface area contributed by atoms with Gasteiger partial charge >= 0.3 is 0 Å². The lowest BCUT2D eigenvalue weighted by Gasteiger charge is -2.26. The molecule has 0 bridgehead atoms. The van der Waals surface area contributed by atoms with Gasteiger partial charge in [-0.2, -0.15) is 0 Å². The molecule has 1 aromatic heterocycles. The lowest BCUT2D eigenvalue weighted by molar-refractivity contribution is 0.0280. The molecule has 0 saturated carbocycles. The van der Waals surface area contributed by atoms with Gasteiger partial charge in [0, 0.05) is 18.5 Å².